The third-order valence-electron chi connectivity index (χ3n) is 15.7. The van der Waals surface area contributed by atoms with Crippen LogP contribution in [-0.4, -0.2) is 139 Å². The number of Topliss-reactive ketones (excluding diaryl/α,β-unsaturated/α-hetero) is 2. The predicted molar refractivity (Wildman–Crippen MR) is 321 cm³/mol. The van der Waals surface area contributed by atoms with Gasteiger partial charge in [0.15, 0.2) is 5.78 Å². The Morgan fingerprint density at radius 3 is 2.40 bits per heavy atom. The van der Waals surface area contributed by atoms with Crippen LogP contribution in [-0.2, 0) is 65.3 Å². The van der Waals surface area contributed by atoms with Gasteiger partial charge in [-0.3, -0.25) is 34.1 Å². The predicted octanol–water partition coefficient (Wildman–Crippen LogP) is 8.72. The summed E-state index contributed by atoms with van der Waals surface area (Å²) >= 11 is 13.5. The van der Waals surface area contributed by atoms with Crippen molar-refractivity contribution < 1.29 is 71.9 Å². The van der Waals surface area contributed by atoms with E-state index in [0.717, 1.165) is 16.7 Å². The molecule has 5 amide bonds. The number of hydrogen-bond acceptors (Lipinski definition) is 15. The van der Waals surface area contributed by atoms with Crippen LogP contribution in [0.25, 0.3) is 0 Å². The molecule has 0 saturated carbocycles. The first-order valence-corrected chi connectivity index (χ1v) is 30.7. The van der Waals surface area contributed by atoms with Crippen molar-refractivity contribution in [2.45, 2.75) is 160 Å². The molecule has 9 atom stereocenters. The van der Waals surface area contributed by atoms with Gasteiger partial charge in [-0.1, -0.05) is 100 Å². The Hall–Kier alpha value is -5.39. The number of ether oxygens (including phenoxy) is 6. The average molecular weight is 1310 g/mol. The molecule has 2 saturated heterocycles. The van der Waals surface area contributed by atoms with Crippen LogP contribution in [0, 0.1) is 30.6 Å². The lowest BCUT2D eigenvalue weighted by atomic mass is 9.78. The van der Waals surface area contributed by atoms with Crippen molar-refractivity contribution >= 4 is 102 Å². The number of halogens is 3. The lowest BCUT2D eigenvalue weighted by Crippen LogP contribution is -2.53. The Morgan fingerprint density at radius 1 is 1.01 bits per heavy atom. The highest BCUT2D eigenvalue weighted by Crippen LogP contribution is 2.50. The number of aryl methyl sites for hydroxylation is 1. The van der Waals surface area contributed by atoms with Gasteiger partial charge in [0.05, 0.1) is 55.3 Å². The normalized spacial score (nSPS) is 24.5. The molecular weight excluding hydrogens is 1230 g/mol. The number of nitrogens with two attached hydrogens (primary N) is 1. The molecule has 83 heavy (non-hydrogen) atoms. The van der Waals surface area contributed by atoms with Gasteiger partial charge in [0, 0.05) is 86.2 Å². The molecule has 20 nitrogen and oxygen atoms in total. The van der Waals surface area contributed by atoms with Crippen LogP contribution in [0.2, 0.25) is 5.02 Å². The highest BCUT2D eigenvalue weighted by Gasteiger charge is 2.64. The van der Waals surface area contributed by atoms with Gasteiger partial charge in [0.1, 0.15) is 41.0 Å². The Balaban J connectivity index is 1.32. The smallest absolute Gasteiger partial charge is 0.412 e. The fourth-order valence-electron chi connectivity index (χ4n) is 10.6. The molecule has 23 heteroatoms. The fourth-order valence-corrected chi connectivity index (χ4v) is 12.4. The van der Waals surface area contributed by atoms with E-state index in [2.05, 4.69) is 47.8 Å². The van der Waals surface area contributed by atoms with Crippen molar-refractivity contribution in [3.05, 3.63) is 75.8 Å². The van der Waals surface area contributed by atoms with E-state index in [1.54, 1.807) is 39.1 Å². The summed E-state index contributed by atoms with van der Waals surface area (Å²) in [7, 11) is 4.44. The van der Waals surface area contributed by atoms with E-state index in [1.165, 1.54) is 31.3 Å². The van der Waals surface area contributed by atoms with E-state index in [1.807, 2.05) is 45.9 Å². The number of carbonyl (C=O) groups is 8. The summed E-state index contributed by atoms with van der Waals surface area (Å²) in [6.07, 6.45) is 2.77. The van der Waals surface area contributed by atoms with E-state index in [0.29, 0.717) is 52.6 Å². The van der Waals surface area contributed by atoms with Crippen molar-refractivity contribution in [3.8, 4) is 5.75 Å². The third-order valence-corrected chi connectivity index (χ3v) is 17.7. The minimum atomic E-state index is -1.63. The van der Waals surface area contributed by atoms with Gasteiger partial charge in [0.2, 0.25) is 11.8 Å². The van der Waals surface area contributed by atoms with E-state index >= 15 is 0 Å². The molecular formula is C60H82Br2ClN5O15. The molecule has 0 radical (unpaired) electrons. The summed E-state index contributed by atoms with van der Waals surface area (Å²) in [5.74, 6) is -3.97. The van der Waals surface area contributed by atoms with Crippen molar-refractivity contribution in [3.63, 3.8) is 0 Å². The molecule has 5 rings (SSSR count). The summed E-state index contributed by atoms with van der Waals surface area (Å²) in [6.45, 7) is 11.3. The number of carbonyl (C=O) groups excluding carboxylic acids is 8. The molecule has 6 N–H and O–H groups in total. The second-order valence-corrected chi connectivity index (χ2v) is 24.2. The van der Waals surface area contributed by atoms with Crippen LogP contribution < -0.4 is 31.3 Å². The Morgan fingerprint density at radius 2 is 1.73 bits per heavy atom. The number of primary amides is 1. The van der Waals surface area contributed by atoms with Crippen LogP contribution in [0.15, 0.2) is 54.1 Å². The van der Waals surface area contributed by atoms with Gasteiger partial charge in [-0.2, -0.15) is 0 Å². The molecule has 3 aliphatic rings. The molecule has 4 bridgehead atoms. The molecule has 458 valence electrons. The van der Waals surface area contributed by atoms with Gasteiger partial charge in [0.25, 0.3) is 0 Å². The van der Waals surface area contributed by atoms with E-state index in [4.69, 9.17) is 45.8 Å². The minimum Gasteiger partial charge on any atom is -0.496 e. The standard InChI is InChI=1S/C60H82Br2ClN5O15/c1-34(2)43(28-42(69)16-11-10-12-22-80-56(74)40(32-61)33-62)55(73)67-44(17-14-21-65-57(64)75)46(70)26-39-19-20-41(27-47(39)78-8)66-58(76)82-50-29-51(71)68(7)45-25-38(24-36(4)53(45)63)23-35(3)15-13-18-49(79-9)60(77)30-48(81-52(72)31-60)37(5)54-59(50,6)83-54/h13,15,18-20,24-25,27,34,37,40,43-44,48-50,54,77H,10-12,14,16-17,21-23,26,28-33H2,1-9H3,(H,66,76)(H,67,73)(H3,64,65,75)/b18-13+,35-15+/t37-,43+,44+,48+,49-,50+,54+,59+,60-/m1/s1. The number of methoxy groups -OCH3 is 2. The number of nitrogens with zero attached hydrogens (tertiary/aromatic N) is 1. The number of amides is 5. The number of rotatable bonds is 25. The maximum absolute atomic E-state index is 14.4. The SMILES string of the molecule is COc1cc(NC(=O)O[C@H]2CC(=O)N(C)c3cc(cc(C)c3Cl)C/C(C)=C/C=C/[C@@H](OC)[C@]3(O)CC(=O)O[C@@H](C3)[C@@H](C)[C@@H]3O[C@@]23C)ccc1CC(=O)[C@H](CCCNC(N)=O)NC(=O)[C@@H](CC(=O)CCCCCOC(=O)C(CBr)CBr)C(C)C. The number of epoxide rings is 1. The zero-order chi connectivity index (χ0) is 61.3. The van der Waals surface area contributed by atoms with Gasteiger partial charge >= 0.3 is 24.1 Å². The lowest BCUT2D eigenvalue weighted by Gasteiger charge is -2.41. The largest absolute Gasteiger partial charge is 0.496 e. The zero-order valence-corrected chi connectivity index (χ0v) is 52.9. The highest BCUT2D eigenvalue weighted by atomic mass is 79.9. The number of hydrogen-bond donors (Lipinski definition) is 5. The fraction of sp³-hybridized carbons (Fsp3) is 0.600. The maximum Gasteiger partial charge on any atom is 0.412 e. The first-order chi connectivity index (χ1) is 39.3. The summed E-state index contributed by atoms with van der Waals surface area (Å²) in [5.41, 5.74) is 6.00. The van der Waals surface area contributed by atoms with E-state index in [-0.39, 0.29) is 105 Å². The number of fused-ring (bicyclic) bond motifs is 5. The quantitative estimate of drug-likeness (QED) is 0.0204. The molecule has 2 fully saturated rings. The van der Waals surface area contributed by atoms with E-state index in [9.17, 15) is 43.5 Å². The van der Waals surface area contributed by atoms with Crippen LogP contribution in [0.4, 0.5) is 21.0 Å². The molecule has 2 aromatic carbocycles. The number of nitrogens with one attached hydrogen (secondary N) is 3. The second-order valence-electron chi connectivity index (χ2n) is 22.5. The van der Waals surface area contributed by atoms with Crippen molar-refractivity contribution in [1.82, 2.24) is 10.6 Å². The average Bonchev–Trinajstić information content (AvgIpc) is 4.01. The van der Waals surface area contributed by atoms with Crippen LogP contribution in [0.3, 0.4) is 0 Å². The Kier molecular flexibility index (Phi) is 26.1. The number of alkyl halides is 2. The van der Waals surface area contributed by atoms with Crippen LogP contribution in [0.1, 0.15) is 116 Å². The summed E-state index contributed by atoms with van der Waals surface area (Å²) in [6, 6.07) is 6.60. The minimum absolute atomic E-state index is 0.00854. The van der Waals surface area contributed by atoms with Crippen molar-refractivity contribution in [2.75, 3.05) is 55.3 Å². The highest BCUT2D eigenvalue weighted by molar-refractivity contribution is 9.09. The molecule has 3 heterocycles. The lowest BCUT2D eigenvalue weighted by molar-refractivity contribution is -0.187. The number of allylic oxidation sites excluding steroid dienone is 3. The number of ketones is 2. The monoisotopic (exact) mass is 1310 g/mol. The molecule has 0 aliphatic carbocycles. The summed E-state index contributed by atoms with van der Waals surface area (Å²) in [5, 5.41) is 21.4. The maximum atomic E-state index is 14.4. The number of benzene rings is 2. The Labute approximate surface area is 508 Å². The zero-order valence-electron chi connectivity index (χ0n) is 48.9. The first-order valence-electron chi connectivity index (χ1n) is 28.1. The van der Waals surface area contributed by atoms with Gasteiger partial charge in [-0.05, 0) is 88.5 Å². The second kappa shape index (κ2) is 31.7. The number of urea groups is 1. The van der Waals surface area contributed by atoms with Crippen LogP contribution in [0.5, 0.6) is 5.75 Å². The van der Waals surface area contributed by atoms with Gasteiger partial charge < -0.3 is 54.8 Å². The number of anilines is 2. The van der Waals surface area contributed by atoms with Crippen molar-refractivity contribution in [2.24, 2.45) is 29.4 Å². The number of esters is 2. The molecule has 0 spiro atoms. The first kappa shape index (κ1) is 68.4. The summed E-state index contributed by atoms with van der Waals surface area (Å²) in [4.78, 5) is 108. The van der Waals surface area contributed by atoms with Gasteiger partial charge in [-0.25, -0.2) is 9.59 Å². The van der Waals surface area contributed by atoms with E-state index < -0.39 is 83.4 Å². The molecule has 2 aromatic rings. The molecule has 3 aliphatic heterocycles. The van der Waals surface area contributed by atoms with Gasteiger partial charge in [-0.15, -0.1) is 0 Å². The topological polar surface area (TPSA) is 281 Å². The Bertz CT molecular complexity index is 2720. The van der Waals surface area contributed by atoms with Crippen LogP contribution >= 0.6 is 43.5 Å². The third kappa shape index (κ3) is 19.3. The molecule has 0 aromatic heterocycles. The number of unbranched alkanes of at least 4 members (excludes halogenated alkanes) is 2. The number of aliphatic hydroxyl groups is 1. The molecule has 0 unspecified atom stereocenters. The summed E-state index contributed by atoms with van der Waals surface area (Å²) < 4.78 is 35.1. The van der Waals surface area contributed by atoms with Crippen molar-refractivity contribution in [1.29, 1.82) is 0 Å².